The first-order valence-corrected chi connectivity index (χ1v) is 5.55. The van der Waals surface area contributed by atoms with Crippen molar-refractivity contribution in [2.45, 2.75) is 39.5 Å². The fraction of sp³-hybridized carbons (Fsp3) is 0.750. The highest BCUT2D eigenvalue weighted by Crippen LogP contribution is 2.19. The number of amides is 1. The van der Waals surface area contributed by atoms with Crippen LogP contribution in [0.4, 0.5) is 0 Å². The highest BCUT2D eigenvalue weighted by molar-refractivity contribution is 5.75. The lowest BCUT2D eigenvalue weighted by Gasteiger charge is -2.31. The van der Waals surface area contributed by atoms with E-state index in [1.54, 1.807) is 0 Å². The summed E-state index contributed by atoms with van der Waals surface area (Å²) in [6.07, 6.45) is 4.36. The smallest absolute Gasteiger partial charge is 0.222 e. The highest BCUT2D eigenvalue weighted by Gasteiger charge is 2.19. The van der Waals surface area contributed by atoms with Crippen molar-refractivity contribution in [1.82, 2.24) is 4.90 Å². The molecule has 0 aliphatic carbocycles. The Hall–Kier alpha value is -0.790. The van der Waals surface area contributed by atoms with Gasteiger partial charge < -0.3 is 4.90 Å². The van der Waals surface area contributed by atoms with Crippen LogP contribution in [0.3, 0.4) is 0 Å². The standard InChI is InChI=1S/C10H19NO.C2H4/c1-3-9-5-7-11(8-6-9)10(12)4-2;1-2/h9H,3-8H2,1-2H3;1-2H2. The van der Waals surface area contributed by atoms with Gasteiger partial charge in [-0.25, -0.2) is 0 Å². The molecule has 0 aromatic rings. The summed E-state index contributed by atoms with van der Waals surface area (Å²) in [5.74, 6) is 1.19. The van der Waals surface area contributed by atoms with Crippen molar-refractivity contribution in [3.8, 4) is 0 Å². The van der Waals surface area contributed by atoms with Gasteiger partial charge in [-0.15, -0.1) is 13.2 Å². The van der Waals surface area contributed by atoms with Gasteiger partial charge in [0.1, 0.15) is 0 Å². The fourth-order valence-corrected chi connectivity index (χ4v) is 1.81. The predicted molar refractivity (Wildman–Crippen MR) is 61.1 cm³/mol. The van der Waals surface area contributed by atoms with Crippen molar-refractivity contribution in [3.63, 3.8) is 0 Å². The number of hydrogen-bond acceptors (Lipinski definition) is 1. The van der Waals surface area contributed by atoms with Crippen molar-refractivity contribution < 1.29 is 4.79 Å². The van der Waals surface area contributed by atoms with Crippen LogP contribution >= 0.6 is 0 Å². The van der Waals surface area contributed by atoms with Gasteiger partial charge in [0.05, 0.1) is 0 Å². The summed E-state index contributed by atoms with van der Waals surface area (Å²) in [4.78, 5) is 13.3. The molecule has 0 bridgehead atoms. The first-order valence-electron chi connectivity index (χ1n) is 5.55. The molecule has 0 unspecified atom stereocenters. The predicted octanol–water partition coefficient (Wildman–Crippen LogP) is 2.85. The molecule has 1 amide bonds. The zero-order chi connectivity index (χ0) is 11.0. The molecular weight excluding hydrogens is 174 g/mol. The summed E-state index contributed by atoms with van der Waals surface area (Å²) in [5.41, 5.74) is 0. The lowest BCUT2D eigenvalue weighted by Crippen LogP contribution is -2.37. The van der Waals surface area contributed by atoms with E-state index < -0.39 is 0 Å². The molecule has 2 heteroatoms. The molecule has 0 spiro atoms. The van der Waals surface area contributed by atoms with E-state index in [4.69, 9.17) is 0 Å². The molecule has 0 aromatic carbocycles. The Balaban J connectivity index is 0.000000791. The Bertz CT molecular complexity index is 160. The first kappa shape index (κ1) is 13.2. The van der Waals surface area contributed by atoms with E-state index in [0.29, 0.717) is 12.3 Å². The minimum Gasteiger partial charge on any atom is -0.343 e. The molecule has 0 atom stereocenters. The molecule has 0 saturated carbocycles. The zero-order valence-electron chi connectivity index (χ0n) is 9.59. The van der Waals surface area contributed by atoms with Crippen LogP contribution in [0.25, 0.3) is 0 Å². The summed E-state index contributed by atoms with van der Waals surface area (Å²) in [7, 11) is 0. The van der Waals surface area contributed by atoms with E-state index >= 15 is 0 Å². The summed E-state index contributed by atoms with van der Waals surface area (Å²) in [6.45, 7) is 12.2. The second-order valence-electron chi connectivity index (χ2n) is 3.59. The number of hydrogen-bond donors (Lipinski definition) is 0. The van der Waals surface area contributed by atoms with Gasteiger partial charge in [-0.05, 0) is 18.8 Å². The molecule has 82 valence electrons. The number of nitrogens with zero attached hydrogens (tertiary/aromatic N) is 1. The topological polar surface area (TPSA) is 20.3 Å². The van der Waals surface area contributed by atoms with E-state index in [-0.39, 0.29) is 0 Å². The Morgan fingerprint density at radius 2 is 1.79 bits per heavy atom. The highest BCUT2D eigenvalue weighted by atomic mass is 16.2. The van der Waals surface area contributed by atoms with Crippen molar-refractivity contribution in [2.75, 3.05) is 13.1 Å². The van der Waals surface area contributed by atoms with Gasteiger partial charge in [0.2, 0.25) is 5.91 Å². The minimum absolute atomic E-state index is 0.324. The van der Waals surface area contributed by atoms with E-state index in [1.165, 1.54) is 19.3 Å². The first-order chi connectivity index (χ1) is 6.77. The van der Waals surface area contributed by atoms with E-state index in [1.807, 2.05) is 11.8 Å². The van der Waals surface area contributed by atoms with E-state index in [0.717, 1.165) is 19.0 Å². The molecule has 1 heterocycles. The molecule has 1 rings (SSSR count). The van der Waals surface area contributed by atoms with Crippen LogP contribution in [0, 0.1) is 5.92 Å². The summed E-state index contributed by atoms with van der Waals surface area (Å²) in [5, 5.41) is 0. The second kappa shape index (κ2) is 7.60. The number of rotatable bonds is 2. The molecular formula is C12H23NO. The van der Waals surface area contributed by atoms with Crippen molar-refractivity contribution >= 4 is 5.91 Å². The van der Waals surface area contributed by atoms with Crippen LogP contribution in [0.1, 0.15) is 39.5 Å². The maximum Gasteiger partial charge on any atom is 0.222 e. The molecule has 1 saturated heterocycles. The number of likely N-dealkylation sites (tertiary alicyclic amines) is 1. The van der Waals surface area contributed by atoms with Gasteiger partial charge in [-0.2, -0.15) is 0 Å². The van der Waals surface area contributed by atoms with Crippen molar-refractivity contribution in [2.24, 2.45) is 5.92 Å². The van der Waals surface area contributed by atoms with Gasteiger partial charge in [0, 0.05) is 19.5 Å². The molecule has 14 heavy (non-hydrogen) atoms. The molecule has 0 N–H and O–H groups in total. The summed E-state index contributed by atoms with van der Waals surface area (Å²) >= 11 is 0. The number of carbonyl (C=O) groups excluding carboxylic acids is 1. The van der Waals surface area contributed by atoms with E-state index in [9.17, 15) is 4.79 Å². The third-order valence-corrected chi connectivity index (χ3v) is 2.85. The van der Waals surface area contributed by atoms with Gasteiger partial charge in [-0.1, -0.05) is 20.3 Å². The SMILES string of the molecule is C=C.CCC(=O)N1CCC(CC)CC1. The molecule has 0 aromatic heterocycles. The Labute approximate surface area is 88.0 Å². The molecule has 2 nitrogen and oxygen atoms in total. The largest absolute Gasteiger partial charge is 0.343 e. The van der Waals surface area contributed by atoms with Crippen LogP contribution in [0.15, 0.2) is 13.2 Å². The summed E-state index contributed by atoms with van der Waals surface area (Å²) < 4.78 is 0. The maximum atomic E-state index is 11.3. The third-order valence-electron chi connectivity index (χ3n) is 2.85. The average Bonchev–Trinajstić information content (AvgIpc) is 2.31. The normalized spacial score (nSPS) is 17.1. The lowest BCUT2D eigenvalue weighted by molar-refractivity contribution is -0.132. The van der Waals surface area contributed by atoms with Crippen LogP contribution in [0.5, 0.6) is 0 Å². The quantitative estimate of drug-likeness (QED) is 0.623. The Morgan fingerprint density at radius 1 is 1.29 bits per heavy atom. The maximum absolute atomic E-state index is 11.3. The lowest BCUT2D eigenvalue weighted by atomic mass is 9.94. The van der Waals surface area contributed by atoms with Crippen LogP contribution in [0.2, 0.25) is 0 Å². The van der Waals surface area contributed by atoms with Crippen molar-refractivity contribution in [1.29, 1.82) is 0 Å². The molecule has 1 fully saturated rings. The van der Waals surface area contributed by atoms with Crippen LogP contribution < -0.4 is 0 Å². The average molecular weight is 197 g/mol. The number of piperidine rings is 1. The second-order valence-corrected chi connectivity index (χ2v) is 3.59. The monoisotopic (exact) mass is 197 g/mol. The van der Waals surface area contributed by atoms with Gasteiger partial charge >= 0.3 is 0 Å². The fourth-order valence-electron chi connectivity index (χ4n) is 1.81. The third kappa shape index (κ3) is 3.95. The Kier molecular flexibility index (Phi) is 7.17. The van der Waals surface area contributed by atoms with Crippen LogP contribution in [-0.2, 0) is 4.79 Å². The molecule has 1 aliphatic heterocycles. The van der Waals surface area contributed by atoms with Gasteiger partial charge in [0.25, 0.3) is 0 Å². The summed E-state index contributed by atoms with van der Waals surface area (Å²) in [6, 6.07) is 0. The number of carbonyl (C=O) groups is 1. The van der Waals surface area contributed by atoms with Gasteiger partial charge in [-0.3, -0.25) is 4.79 Å². The van der Waals surface area contributed by atoms with Crippen molar-refractivity contribution in [3.05, 3.63) is 13.2 Å². The van der Waals surface area contributed by atoms with Crippen LogP contribution in [-0.4, -0.2) is 23.9 Å². The van der Waals surface area contributed by atoms with Gasteiger partial charge in [0.15, 0.2) is 0 Å². The zero-order valence-corrected chi connectivity index (χ0v) is 9.59. The molecule has 1 aliphatic rings. The minimum atomic E-state index is 0.324. The Morgan fingerprint density at radius 3 is 2.14 bits per heavy atom. The van der Waals surface area contributed by atoms with E-state index in [2.05, 4.69) is 20.1 Å². The molecule has 0 radical (unpaired) electrons.